The molecule has 31 heavy (non-hydrogen) atoms. The van der Waals surface area contributed by atoms with Gasteiger partial charge in [-0.3, -0.25) is 14.9 Å². The van der Waals surface area contributed by atoms with Crippen LogP contribution in [-0.2, 0) is 12.8 Å². The van der Waals surface area contributed by atoms with Crippen molar-refractivity contribution in [3.8, 4) is 0 Å². The van der Waals surface area contributed by atoms with E-state index in [1.165, 1.54) is 28.5 Å². The fraction of sp³-hybridized carbons (Fsp3) is 0.192. The van der Waals surface area contributed by atoms with Gasteiger partial charge in [0.05, 0.1) is 4.92 Å². The van der Waals surface area contributed by atoms with E-state index in [4.69, 9.17) is 11.6 Å². The van der Waals surface area contributed by atoms with Crippen molar-refractivity contribution in [1.82, 2.24) is 0 Å². The molecule has 0 fully saturated rings. The van der Waals surface area contributed by atoms with Crippen molar-refractivity contribution in [2.75, 3.05) is 0 Å². The van der Waals surface area contributed by atoms with Crippen LogP contribution in [0, 0.1) is 27.5 Å². The van der Waals surface area contributed by atoms with Crippen LogP contribution in [0.1, 0.15) is 39.9 Å². The van der Waals surface area contributed by atoms with E-state index in [1.54, 1.807) is 13.0 Å². The van der Waals surface area contributed by atoms with Gasteiger partial charge < -0.3 is 0 Å². The Labute approximate surface area is 184 Å². The largest absolute Gasteiger partial charge is 0.289 e. The lowest BCUT2D eigenvalue weighted by Crippen LogP contribution is -2.26. The molecule has 0 aromatic heterocycles. The lowest BCUT2D eigenvalue weighted by molar-refractivity contribution is -0.384. The minimum absolute atomic E-state index is 0.00465. The van der Waals surface area contributed by atoms with E-state index in [9.17, 15) is 14.9 Å². The molecule has 0 heterocycles. The summed E-state index contributed by atoms with van der Waals surface area (Å²) in [6.45, 7) is 1.76. The molecule has 3 aromatic carbocycles. The van der Waals surface area contributed by atoms with E-state index in [1.807, 2.05) is 12.1 Å². The molecule has 5 rings (SSSR count). The summed E-state index contributed by atoms with van der Waals surface area (Å²) in [4.78, 5) is 24.1. The van der Waals surface area contributed by atoms with Crippen LogP contribution in [0.15, 0.2) is 48.5 Å². The van der Waals surface area contributed by atoms with Crippen LogP contribution in [0.5, 0.6) is 0 Å². The third-order valence-corrected chi connectivity index (χ3v) is 6.73. The molecule has 154 valence electrons. The molecule has 2 aliphatic carbocycles. The number of nitro groups is 1. The number of Topliss-reactive ketones (excluding diaryl/α,β-unsaturated/α-hetero) is 1. The first-order chi connectivity index (χ1) is 15.0. The number of benzene rings is 3. The average molecular weight is 430 g/mol. The number of halogens is 1. The van der Waals surface area contributed by atoms with Crippen LogP contribution in [0.25, 0.3) is 11.6 Å². The summed E-state index contributed by atoms with van der Waals surface area (Å²) in [6, 6.07) is 14.6. The molecule has 0 amide bonds. The van der Waals surface area contributed by atoms with Crippen LogP contribution in [0.4, 0.5) is 5.69 Å². The van der Waals surface area contributed by atoms with Crippen molar-refractivity contribution >= 4 is 34.7 Å². The summed E-state index contributed by atoms with van der Waals surface area (Å²) in [5.74, 6) is -0.0310. The minimum Gasteiger partial charge on any atom is -0.289 e. The molecule has 0 atom stereocenters. The Hall–Kier alpha value is -3.24. The lowest BCUT2D eigenvalue weighted by Gasteiger charge is -2.20. The van der Waals surface area contributed by atoms with Crippen molar-refractivity contribution in [3.63, 3.8) is 0 Å². The van der Waals surface area contributed by atoms with Gasteiger partial charge in [0.1, 0.15) is 0 Å². The van der Waals surface area contributed by atoms with Gasteiger partial charge in [-0.2, -0.15) is 0 Å². The summed E-state index contributed by atoms with van der Waals surface area (Å²) in [6.07, 6.45) is 5.55. The highest BCUT2D eigenvalue weighted by Gasteiger charge is 2.22. The van der Waals surface area contributed by atoms with E-state index < -0.39 is 4.92 Å². The first-order valence-corrected chi connectivity index (χ1v) is 10.8. The number of ketones is 1. The Morgan fingerprint density at radius 1 is 1.00 bits per heavy atom. The zero-order chi connectivity index (χ0) is 21.7. The van der Waals surface area contributed by atoms with Crippen molar-refractivity contribution in [2.24, 2.45) is 0 Å². The summed E-state index contributed by atoms with van der Waals surface area (Å²) in [7, 11) is 0. The van der Waals surface area contributed by atoms with Gasteiger partial charge in [0, 0.05) is 28.3 Å². The van der Waals surface area contributed by atoms with E-state index in [0.29, 0.717) is 17.5 Å². The van der Waals surface area contributed by atoms with Gasteiger partial charge in [-0.1, -0.05) is 41.9 Å². The number of rotatable bonds is 3. The molecule has 4 nitrogen and oxygen atoms in total. The van der Waals surface area contributed by atoms with Gasteiger partial charge in [-0.25, -0.2) is 0 Å². The first kappa shape index (κ1) is 19.7. The second-order valence-electron chi connectivity index (χ2n) is 8.14. The van der Waals surface area contributed by atoms with Gasteiger partial charge in [-0.05, 0) is 82.3 Å². The second kappa shape index (κ2) is 7.47. The maximum absolute atomic E-state index is 13.4. The third kappa shape index (κ3) is 3.19. The number of non-ortho nitro benzene ring substituents is 1. The molecule has 0 unspecified atom stereocenters. The summed E-state index contributed by atoms with van der Waals surface area (Å²) in [5.41, 5.74) is 4.50. The van der Waals surface area contributed by atoms with E-state index >= 15 is 0 Å². The molecule has 3 aromatic rings. The molecule has 0 saturated heterocycles. The van der Waals surface area contributed by atoms with Crippen molar-refractivity contribution < 1.29 is 9.72 Å². The van der Waals surface area contributed by atoms with Crippen molar-refractivity contribution in [3.05, 3.63) is 107 Å². The monoisotopic (exact) mass is 429 g/mol. The van der Waals surface area contributed by atoms with E-state index in [0.717, 1.165) is 45.5 Å². The highest BCUT2D eigenvalue weighted by molar-refractivity contribution is 6.30. The fourth-order valence-corrected chi connectivity index (χ4v) is 5.17. The quantitative estimate of drug-likeness (QED) is 0.348. The average Bonchev–Trinajstić information content (AvgIpc) is 2.78. The molecular weight excluding hydrogens is 410 g/mol. The molecule has 0 spiro atoms. The number of fused-ring (bicyclic) bond motifs is 4. The molecule has 5 heteroatoms. The smallest absolute Gasteiger partial charge is 0.269 e. The van der Waals surface area contributed by atoms with Gasteiger partial charge in [-0.15, -0.1) is 0 Å². The van der Waals surface area contributed by atoms with Crippen molar-refractivity contribution in [1.29, 1.82) is 0 Å². The Kier molecular flexibility index (Phi) is 4.75. The number of carbonyl (C=O) groups excluding carboxylic acids is 1. The normalized spacial score (nSPS) is 14.2. The number of carbonyl (C=O) groups is 1. The molecule has 0 saturated carbocycles. The molecule has 0 N–H and O–H groups in total. The van der Waals surface area contributed by atoms with Gasteiger partial charge >= 0.3 is 0 Å². The molecule has 0 radical (unpaired) electrons. The van der Waals surface area contributed by atoms with Crippen LogP contribution < -0.4 is 10.4 Å². The molecule has 0 aliphatic heterocycles. The fourth-order valence-electron chi connectivity index (χ4n) is 4.92. The minimum atomic E-state index is -0.433. The molecule has 0 bridgehead atoms. The van der Waals surface area contributed by atoms with Crippen molar-refractivity contribution in [2.45, 2.75) is 32.6 Å². The van der Waals surface area contributed by atoms with Crippen LogP contribution in [0.3, 0.4) is 0 Å². The number of aryl methyl sites for hydroxylation is 1. The Bertz CT molecular complexity index is 1500. The van der Waals surface area contributed by atoms with Gasteiger partial charge in [0.15, 0.2) is 5.78 Å². The number of hydrogen-bond donors (Lipinski definition) is 0. The second-order valence-corrected chi connectivity index (χ2v) is 8.55. The summed E-state index contributed by atoms with van der Waals surface area (Å²) < 4.78 is 0. The summed E-state index contributed by atoms with van der Waals surface area (Å²) in [5, 5.41) is 16.2. The van der Waals surface area contributed by atoms with Gasteiger partial charge in [0.25, 0.3) is 5.69 Å². The predicted octanol–water partition coefficient (Wildman–Crippen LogP) is 4.55. The predicted molar refractivity (Wildman–Crippen MR) is 121 cm³/mol. The zero-order valence-corrected chi connectivity index (χ0v) is 17.8. The molecular formula is C26H20ClNO3. The highest BCUT2D eigenvalue weighted by atomic mass is 35.5. The lowest BCUT2D eigenvalue weighted by atomic mass is 9.83. The maximum atomic E-state index is 13.4. The SMILES string of the molecule is Cc1cc([N+](=O)[O-])ccc1C(=O)C1=c2ccc3c(c2CCC1)CC=c1c(Cl)cccc1=3. The Morgan fingerprint density at radius 2 is 1.81 bits per heavy atom. The zero-order valence-electron chi connectivity index (χ0n) is 17.1. The highest BCUT2D eigenvalue weighted by Crippen LogP contribution is 2.26. The third-order valence-electron chi connectivity index (χ3n) is 6.40. The number of hydrogen-bond acceptors (Lipinski definition) is 3. The van der Waals surface area contributed by atoms with E-state index in [-0.39, 0.29) is 11.5 Å². The van der Waals surface area contributed by atoms with Gasteiger partial charge in [0.2, 0.25) is 0 Å². The Balaban J connectivity index is 1.73. The van der Waals surface area contributed by atoms with Crippen LogP contribution in [-0.4, -0.2) is 10.7 Å². The van der Waals surface area contributed by atoms with E-state index in [2.05, 4.69) is 24.3 Å². The maximum Gasteiger partial charge on any atom is 0.269 e. The van der Waals surface area contributed by atoms with Crippen LogP contribution in [0.2, 0.25) is 5.02 Å². The molecule has 2 aliphatic rings. The summed E-state index contributed by atoms with van der Waals surface area (Å²) >= 11 is 6.41. The Morgan fingerprint density at radius 3 is 2.58 bits per heavy atom. The number of nitro benzene ring substituents is 1. The standard InChI is InChI=1S/C26H20ClNO3/c1-15-14-16(28(30)31)8-9-17(15)26(29)24-6-2-4-18-20-12-13-23-19(5-3-7-25(23)27)21(20)10-11-22(18)24/h3,5,7-11,13-14H,2,4,6,12H2,1H3. The topological polar surface area (TPSA) is 60.2 Å². The van der Waals surface area contributed by atoms with Crippen LogP contribution >= 0.6 is 11.6 Å². The first-order valence-electron chi connectivity index (χ1n) is 10.4. The number of nitrogens with zero attached hydrogens (tertiary/aromatic N) is 1.